The molecule has 86 valence electrons. The largest absolute Gasteiger partial charge is 0.305 e. The van der Waals surface area contributed by atoms with E-state index in [0.717, 1.165) is 21.0 Å². The van der Waals surface area contributed by atoms with Gasteiger partial charge in [0, 0.05) is 17.1 Å². The van der Waals surface area contributed by atoms with Gasteiger partial charge in [-0.1, -0.05) is 39.8 Å². The van der Waals surface area contributed by atoms with Gasteiger partial charge in [0.2, 0.25) is 0 Å². The van der Waals surface area contributed by atoms with Gasteiger partial charge in [-0.2, -0.15) is 5.26 Å². The molecule has 0 unspecified atom stereocenters. The summed E-state index contributed by atoms with van der Waals surface area (Å²) in [5.74, 6) is 1.18. The molecular weight excluding hydrogens is 300 g/mol. The highest BCUT2D eigenvalue weighted by molar-refractivity contribution is 9.10. The first-order valence-electron chi connectivity index (χ1n) is 4.87. The monoisotopic (exact) mass is 308 g/mol. The number of nitriles is 1. The topological polar surface area (TPSA) is 54.5 Å². The van der Waals surface area contributed by atoms with Crippen molar-refractivity contribution in [3.63, 3.8) is 0 Å². The fraction of sp³-hybridized carbons (Fsp3) is 0.182. The van der Waals surface area contributed by atoms with Crippen molar-refractivity contribution >= 4 is 27.7 Å². The van der Waals surface area contributed by atoms with Gasteiger partial charge in [0.1, 0.15) is 0 Å². The van der Waals surface area contributed by atoms with Crippen LogP contribution in [0.4, 0.5) is 0 Å². The van der Waals surface area contributed by atoms with Crippen LogP contribution in [0.15, 0.2) is 33.9 Å². The van der Waals surface area contributed by atoms with Crippen molar-refractivity contribution in [1.29, 1.82) is 5.26 Å². The lowest BCUT2D eigenvalue weighted by Gasteiger charge is -2.02. The zero-order chi connectivity index (χ0) is 12.3. The van der Waals surface area contributed by atoms with Gasteiger partial charge >= 0.3 is 0 Å². The Morgan fingerprint density at radius 2 is 2.06 bits per heavy atom. The van der Waals surface area contributed by atoms with Crippen LogP contribution in [0, 0.1) is 11.3 Å². The van der Waals surface area contributed by atoms with Crippen LogP contribution >= 0.6 is 27.7 Å². The second-order valence-electron chi connectivity index (χ2n) is 3.32. The summed E-state index contributed by atoms with van der Waals surface area (Å²) < 4.78 is 2.92. The molecule has 1 heterocycles. The van der Waals surface area contributed by atoms with E-state index < -0.39 is 0 Å². The van der Waals surface area contributed by atoms with Crippen molar-refractivity contribution in [2.75, 3.05) is 5.75 Å². The SMILES string of the molecule is Cn1c(SCC#N)nnc1-c1ccc(Br)cc1. The Balaban J connectivity index is 2.31. The minimum Gasteiger partial charge on any atom is -0.305 e. The fourth-order valence-electron chi connectivity index (χ4n) is 1.39. The molecule has 0 spiro atoms. The Labute approximate surface area is 112 Å². The maximum atomic E-state index is 8.54. The molecule has 2 rings (SSSR count). The van der Waals surface area contributed by atoms with Gasteiger partial charge in [0.05, 0.1) is 11.8 Å². The van der Waals surface area contributed by atoms with Crippen LogP contribution in [-0.4, -0.2) is 20.5 Å². The molecule has 0 amide bonds. The number of rotatable bonds is 3. The van der Waals surface area contributed by atoms with Gasteiger partial charge in [0.25, 0.3) is 0 Å². The molecule has 0 saturated heterocycles. The number of hydrogen-bond donors (Lipinski definition) is 0. The highest BCUT2D eigenvalue weighted by Gasteiger charge is 2.10. The van der Waals surface area contributed by atoms with Gasteiger partial charge < -0.3 is 4.57 Å². The van der Waals surface area contributed by atoms with Gasteiger partial charge in [-0.3, -0.25) is 0 Å². The molecule has 1 aromatic carbocycles. The van der Waals surface area contributed by atoms with Crippen LogP contribution < -0.4 is 0 Å². The van der Waals surface area contributed by atoms with Crippen molar-refractivity contribution in [3.05, 3.63) is 28.7 Å². The number of benzene rings is 1. The van der Waals surface area contributed by atoms with Crippen LogP contribution in [0.1, 0.15) is 0 Å². The molecule has 6 heteroatoms. The molecule has 4 nitrogen and oxygen atoms in total. The molecule has 2 aromatic rings. The molecule has 0 N–H and O–H groups in total. The molecule has 0 bridgehead atoms. The zero-order valence-corrected chi connectivity index (χ0v) is 11.5. The summed E-state index contributed by atoms with van der Waals surface area (Å²) >= 11 is 4.78. The fourth-order valence-corrected chi connectivity index (χ4v) is 2.22. The van der Waals surface area contributed by atoms with Crippen LogP contribution in [0.25, 0.3) is 11.4 Å². The van der Waals surface area contributed by atoms with E-state index in [9.17, 15) is 0 Å². The van der Waals surface area contributed by atoms with E-state index in [1.165, 1.54) is 11.8 Å². The van der Waals surface area contributed by atoms with Gasteiger partial charge in [0.15, 0.2) is 11.0 Å². The number of nitrogens with zero attached hydrogens (tertiary/aromatic N) is 4. The van der Waals surface area contributed by atoms with Crippen molar-refractivity contribution in [1.82, 2.24) is 14.8 Å². The van der Waals surface area contributed by atoms with Crippen LogP contribution in [0.3, 0.4) is 0 Å². The smallest absolute Gasteiger partial charge is 0.192 e. The number of halogens is 1. The Morgan fingerprint density at radius 1 is 1.35 bits per heavy atom. The molecule has 0 aliphatic carbocycles. The van der Waals surface area contributed by atoms with E-state index in [-0.39, 0.29) is 0 Å². The first-order chi connectivity index (χ1) is 8.22. The average molecular weight is 309 g/mol. The van der Waals surface area contributed by atoms with Crippen molar-refractivity contribution in [2.24, 2.45) is 7.05 Å². The quantitative estimate of drug-likeness (QED) is 0.818. The molecule has 0 radical (unpaired) electrons. The second-order valence-corrected chi connectivity index (χ2v) is 5.18. The summed E-state index contributed by atoms with van der Waals surface area (Å²) in [6.45, 7) is 0. The van der Waals surface area contributed by atoms with Crippen molar-refractivity contribution in [2.45, 2.75) is 5.16 Å². The summed E-state index contributed by atoms with van der Waals surface area (Å²) in [6.07, 6.45) is 0. The Hall–Kier alpha value is -1.32. The van der Waals surface area contributed by atoms with E-state index in [4.69, 9.17) is 5.26 Å². The molecule has 0 atom stereocenters. The third-order valence-electron chi connectivity index (χ3n) is 2.20. The van der Waals surface area contributed by atoms with E-state index in [1.807, 2.05) is 35.9 Å². The van der Waals surface area contributed by atoms with E-state index in [1.54, 1.807) is 0 Å². The lowest BCUT2D eigenvalue weighted by molar-refractivity contribution is 0.795. The molecule has 0 aliphatic rings. The molecule has 0 fully saturated rings. The second kappa shape index (κ2) is 5.34. The first-order valence-corrected chi connectivity index (χ1v) is 6.65. The minimum absolute atomic E-state index is 0.381. The van der Waals surface area contributed by atoms with E-state index >= 15 is 0 Å². The van der Waals surface area contributed by atoms with Crippen molar-refractivity contribution < 1.29 is 0 Å². The highest BCUT2D eigenvalue weighted by Crippen LogP contribution is 2.23. The molecule has 0 saturated carbocycles. The number of thioether (sulfide) groups is 1. The summed E-state index contributed by atoms with van der Waals surface area (Å²) in [5, 5.41) is 17.5. The predicted molar refractivity (Wildman–Crippen MR) is 70.5 cm³/mol. The van der Waals surface area contributed by atoms with Gasteiger partial charge in [-0.25, -0.2) is 0 Å². The molecular formula is C11H9BrN4S. The summed E-state index contributed by atoms with van der Waals surface area (Å²) in [4.78, 5) is 0. The summed E-state index contributed by atoms with van der Waals surface area (Å²) in [7, 11) is 1.90. The zero-order valence-electron chi connectivity index (χ0n) is 9.09. The molecule has 0 aliphatic heterocycles. The maximum absolute atomic E-state index is 8.54. The molecule has 17 heavy (non-hydrogen) atoms. The lowest BCUT2D eigenvalue weighted by Crippen LogP contribution is -1.94. The van der Waals surface area contributed by atoms with Gasteiger partial charge in [-0.05, 0) is 12.1 Å². The summed E-state index contributed by atoms with van der Waals surface area (Å²) in [5.41, 5.74) is 1.01. The maximum Gasteiger partial charge on any atom is 0.192 e. The third kappa shape index (κ3) is 2.68. The number of hydrogen-bond acceptors (Lipinski definition) is 4. The predicted octanol–water partition coefficient (Wildman–Crippen LogP) is 2.86. The van der Waals surface area contributed by atoms with Crippen LogP contribution in [-0.2, 0) is 7.05 Å². The Bertz CT molecular complexity index is 556. The third-order valence-corrected chi connectivity index (χ3v) is 3.62. The van der Waals surface area contributed by atoms with E-state index in [0.29, 0.717) is 5.75 Å². The highest BCUT2D eigenvalue weighted by atomic mass is 79.9. The van der Waals surface area contributed by atoms with Gasteiger partial charge in [-0.15, -0.1) is 10.2 Å². The van der Waals surface area contributed by atoms with Crippen LogP contribution in [0.2, 0.25) is 0 Å². The summed E-state index contributed by atoms with van der Waals surface area (Å²) in [6, 6.07) is 9.96. The first kappa shape index (κ1) is 12.1. The number of aromatic nitrogens is 3. The van der Waals surface area contributed by atoms with Crippen LogP contribution in [0.5, 0.6) is 0 Å². The average Bonchev–Trinajstić information content (AvgIpc) is 2.69. The normalized spacial score (nSPS) is 10.2. The van der Waals surface area contributed by atoms with Crippen molar-refractivity contribution in [3.8, 4) is 17.5 Å². The Morgan fingerprint density at radius 3 is 2.71 bits per heavy atom. The molecule has 1 aromatic heterocycles. The lowest BCUT2D eigenvalue weighted by atomic mass is 10.2. The standard InChI is InChI=1S/C11H9BrN4S/c1-16-10(8-2-4-9(12)5-3-8)14-15-11(16)17-7-6-13/h2-5H,7H2,1H3. The minimum atomic E-state index is 0.381. The van der Waals surface area contributed by atoms with E-state index in [2.05, 4.69) is 32.2 Å². The Kier molecular flexibility index (Phi) is 3.82.